The Kier molecular flexibility index (Phi) is 4.95. The summed E-state index contributed by atoms with van der Waals surface area (Å²) in [5.74, 6) is 0. The van der Waals surface area contributed by atoms with Gasteiger partial charge in [0.05, 0.1) is 5.01 Å². The van der Waals surface area contributed by atoms with Gasteiger partial charge in [0.15, 0.2) is 0 Å². The molecule has 4 heteroatoms. The van der Waals surface area contributed by atoms with Crippen molar-refractivity contribution < 1.29 is 0 Å². The standard InChI is InChI=1S/C13H23N3S/c14-13(5-2-1-3-6-13)7-9-15-8-4-12-16-10-11-17-12/h10-11,15H,1-9,14H2. The van der Waals surface area contributed by atoms with Crippen molar-refractivity contribution >= 4 is 11.3 Å². The minimum absolute atomic E-state index is 0.117. The summed E-state index contributed by atoms with van der Waals surface area (Å²) in [5.41, 5.74) is 6.50. The second-order valence-corrected chi connectivity index (χ2v) is 6.08. The summed E-state index contributed by atoms with van der Waals surface area (Å²) in [4.78, 5) is 4.27. The Hall–Kier alpha value is -0.450. The second-order valence-electron chi connectivity index (χ2n) is 5.10. The molecule has 17 heavy (non-hydrogen) atoms. The number of thiazole rings is 1. The molecule has 3 N–H and O–H groups in total. The summed E-state index contributed by atoms with van der Waals surface area (Å²) in [6.45, 7) is 2.06. The molecule has 1 aliphatic carbocycles. The highest BCUT2D eigenvalue weighted by atomic mass is 32.1. The maximum absolute atomic E-state index is 6.39. The monoisotopic (exact) mass is 253 g/mol. The number of rotatable bonds is 6. The van der Waals surface area contributed by atoms with Crippen molar-refractivity contribution in [3.63, 3.8) is 0 Å². The van der Waals surface area contributed by atoms with Crippen LogP contribution in [0.4, 0.5) is 0 Å². The number of nitrogens with two attached hydrogens (primary N) is 1. The highest BCUT2D eigenvalue weighted by molar-refractivity contribution is 7.09. The lowest BCUT2D eigenvalue weighted by Gasteiger charge is -2.33. The maximum Gasteiger partial charge on any atom is 0.0937 e. The van der Waals surface area contributed by atoms with Crippen molar-refractivity contribution in [2.24, 2.45) is 5.73 Å². The zero-order chi connectivity index (χ0) is 12.0. The first kappa shape index (κ1) is 13.0. The number of hydrogen-bond acceptors (Lipinski definition) is 4. The molecule has 96 valence electrons. The van der Waals surface area contributed by atoms with Crippen LogP contribution in [0, 0.1) is 0 Å². The van der Waals surface area contributed by atoms with E-state index in [1.54, 1.807) is 11.3 Å². The summed E-state index contributed by atoms with van der Waals surface area (Å²) in [7, 11) is 0. The van der Waals surface area contributed by atoms with Gasteiger partial charge in [0.25, 0.3) is 0 Å². The highest BCUT2D eigenvalue weighted by Crippen LogP contribution is 2.28. The van der Waals surface area contributed by atoms with Gasteiger partial charge in [0, 0.05) is 30.1 Å². The topological polar surface area (TPSA) is 50.9 Å². The van der Waals surface area contributed by atoms with E-state index >= 15 is 0 Å². The number of hydrogen-bond donors (Lipinski definition) is 2. The van der Waals surface area contributed by atoms with Gasteiger partial charge in [0.2, 0.25) is 0 Å². The zero-order valence-electron chi connectivity index (χ0n) is 10.5. The molecule has 0 aliphatic heterocycles. The number of aromatic nitrogens is 1. The lowest BCUT2D eigenvalue weighted by molar-refractivity contribution is 0.275. The van der Waals surface area contributed by atoms with Crippen LogP contribution in [0.1, 0.15) is 43.5 Å². The Bertz CT molecular complexity index is 304. The van der Waals surface area contributed by atoms with Crippen LogP contribution < -0.4 is 11.1 Å². The molecule has 1 saturated carbocycles. The first-order chi connectivity index (χ1) is 8.29. The van der Waals surface area contributed by atoms with Crippen LogP contribution in [0.2, 0.25) is 0 Å². The molecule has 1 aliphatic rings. The van der Waals surface area contributed by atoms with Crippen molar-refractivity contribution in [3.05, 3.63) is 16.6 Å². The molecule has 0 atom stereocenters. The molecule has 0 spiro atoms. The van der Waals surface area contributed by atoms with Crippen molar-refractivity contribution in [2.45, 2.75) is 50.5 Å². The van der Waals surface area contributed by atoms with Crippen molar-refractivity contribution in [3.8, 4) is 0 Å². The van der Waals surface area contributed by atoms with Gasteiger partial charge in [-0.05, 0) is 25.8 Å². The molecular weight excluding hydrogens is 230 g/mol. The molecule has 3 nitrogen and oxygen atoms in total. The van der Waals surface area contributed by atoms with Gasteiger partial charge in [-0.3, -0.25) is 0 Å². The van der Waals surface area contributed by atoms with E-state index in [9.17, 15) is 0 Å². The summed E-state index contributed by atoms with van der Waals surface area (Å²) in [6, 6.07) is 0. The van der Waals surface area contributed by atoms with Crippen LogP contribution >= 0.6 is 11.3 Å². The normalized spacial score (nSPS) is 19.4. The smallest absolute Gasteiger partial charge is 0.0937 e. The van der Waals surface area contributed by atoms with E-state index in [0.717, 1.165) is 25.9 Å². The maximum atomic E-state index is 6.39. The SMILES string of the molecule is NC1(CCNCCc2nccs2)CCCCC1. The molecule has 1 fully saturated rings. The Morgan fingerprint density at radius 3 is 2.82 bits per heavy atom. The lowest BCUT2D eigenvalue weighted by Crippen LogP contribution is -2.44. The largest absolute Gasteiger partial charge is 0.325 e. The molecule has 1 aromatic rings. The molecule has 0 saturated heterocycles. The van der Waals surface area contributed by atoms with Gasteiger partial charge in [-0.2, -0.15) is 0 Å². The average Bonchev–Trinajstić information content (AvgIpc) is 2.82. The fourth-order valence-electron chi connectivity index (χ4n) is 2.54. The molecule has 0 unspecified atom stereocenters. The number of nitrogens with one attached hydrogen (secondary N) is 1. The minimum atomic E-state index is 0.117. The first-order valence-corrected chi connectivity index (χ1v) is 7.54. The van der Waals surface area contributed by atoms with E-state index < -0.39 is 0 Å². The Morgan fingerprint density at radius 1 is 1.29 bits per heavy atom. The van der Waals surface area contributed by atoms with Crippen molar-refractivity contribution in [1.82, 2.24) is 10.3 Å². The quantitative estimate of drug-likeness (QED) is 0.765. The summed E-state index contributed by atoms with van der Waals surface area (Å²) in [6.07, 6.45) is 10.4. The van der Waals surface area contributed by atoms with Crippen LogP contribution in [0.25, 0.3) is 0 Å². The predicted octanol–water partition coefficient (Wildman–Crippen LogP) is 2.33. The summed E-state index contributed by atoms with van der Waals surface area (Å²) in [5, 5.41) is 6.74. The Labute approximate surface area is 108 Å². The van der Waals surface area contributed by atoms with Crippen molar-refractivity contribution in [1.29, 1.82) is 0 Å². The lowest BCUT2D eigenvalue weighted by atomic mass is 9.80. The fourth-order valence-corrected chi connectivity index (χ4v) is 3.16. The molecule has 2 rings (SSSR count). The first-order valence-electron chi connectivity index (χ1n) is 6.66. The molecular formula is C13H23N3S. The summed E-state index contributed by atoms with van der Waals surface area (Å²) >= 11 is 1.73. The molecule has 1 heterocycles. The molecule has 0 radical (unpaired) electrons. The fraction of sp³-hybridized carbons (Fsp3) is 0.769. The van der Waals surface area contributed by atoms with E-state index in [4.69, 9.17) is 5.73 Å². The highest BCUT2D eigenvalue weighted by Gasteiger charge is 2.26. The van der Waals surface area contributed by atoms with Crippen LogP contribution in [-0.2, 0) is 6.42 Å². The molecule has 1 aromatic heterocycles. The van der Waals surface area contributed by atoms with E-state index in [1.807, 2.05) is 11.6 Å². The van der Waals surface area contributed by atoms with Gasteiger partial charge in [-0.25, -0.2) is 4.98 Å². The van der Waals surface area contributed by atoms with E-state index in [1.165, 1.54) is 37.1 Å². The van der Waals surface area contributed by atoms with Crippen molar-refractivity contribution in [2.75, 3.05) is 13.1 Å². The average molecular weight is 253 g/mol. The summed E-state index contributed by atoms with van der Waals surface area (Å²) < 4.78 is 0. The van der Waals surface area contributed by atoms with Gasteiger partial charge in [0.1, 0.15) is 0 Å². The van der Waals surface area contributed by atoms with Crippen LogP contribution in [0.15, 0.2) is 11.6 Å². The van der Waals surface area contributed by atoms with E-state index in [2.05, 4.69) is 10.3 Å². The third kappa shape index (κ3) is 4.37. The Balaban J connectivity index is 1.56. The van der Waals surface area contributed by atoms with E-state index in [0.29, 0.717) is 0 Å². The predicted molar refractivity (Wildman–Crippen MR) is 73.3 cm³/mol. The van der Waals surface area contributed by atoms with E-state index in [-0.39, 0.29) is 5.54 Å². The van der Waals surface area contributed by atoms with Crippen LogP contribution in [0.3, 0.4) is 0 Å². The van der Waals surface area contributed by atoms with Gasteiger partial charge in [-0.15, -0.1) is 11.3 Å². The third-order valence-electron chi connectivity index (χ3n) is 3.65. The molecule has 0 bridgehead atoms. The minimum Gasteiger partial charge on any atom is -0.325 e. The Morgan fingerprint density at radius 2 is 2.12 bits per heavy atom. The van der Waals surface area contributed by atoms with Crippen LogP contribution in [0.5, 0.6) is 0 Å². The number of nitrogens with zero attached hydrogens (tertiary/aromatic N) is 1. The molecule has 0 amide bonds. The van der Waals surface area contributed by atoms with Gasteiger partial charge in [-0.1, -0.05) is 19.3 Å². The van der Waals surface area contributed by atoms with Crippen LogP contribution in [-0.4, -0.2) is 23.6 Å². The third-order valence-corrected chi connectivity index (χ3v) is 4.49. The van der Waals surface area contributed by atoms with Gasteiger partial charge >= 0.3 is 0 Å². The second kappa shape index (κ2) is 6.47. The zero-order valence-corrected chi connectivity index (χ0v) is 11.3. The van der Waals surface area contributed by atoms with Gasteiger partial charge < -0.3 is 11.1 Å². The molecule has 0 aromatic carbocycles.